The summed E-state index contributed by atoms with van der Waals surface area (Å²) >= 11 is 0. The molecule has 1 aromatic heterocycles. The number of aryl methyl sites for hydroxylation is 2. The van der Waals surface area contributed by atoms with Crippen molar-refractivity contribution in [2.24, 2.45) is 5.92 Å². The number of fused-ring (bicyclic) bond motifs is 1. The minimum absolute atomic E-state index is 0.116. The Morgan fingerprint density at radius 3 is 3.00 bits per heavy atom. The second-order valence-electron chi connectivity index (χ2n) is 5.54. The molecule has 0 radical (unpaired) electrons. The van der Waals surface area contributed by atoms with Crippen LogP contribution in [0.3, 0.4) is 0 Å². The van der Waals surface area contributed by atoms with Gasteiger partial charge in [0.1, 0.15) is 12.2 Å². The number of carbonyl (C=O) groups excluding carboxylic acids is 1. The lowest BCUT2D eigenvalue weighted by atomic mass is 9.83. The minimum atomic E-state index is 0.116. The second-order valence-corrected chi connectivity index (χ2v) is 5.54. The first-order chi connectivity index (χ1) is 10.3. The molecule has 0 fully saturated rings. The number of hydrogen-bond acceptors (Lipinski definition) is 3. The fraction of sp³-hybridized carbons (Fsp3) is 0.438. The van der Waals surface area contributed by atoms with Gasteiger partial charge in [0.05, 0.1) is 0 Å². The minimum Gasteiger partial charge on any atom is -0.356 e. The average molecular weight is 284 g/mol. The van der Waals surface area contributed by atoms with Crippen LogP contribution in [0.5, 0.6) is 0 Å². The van der Waals surface area contributed by atoms with E-state index in [1.807, 2.05) is 0 Å². The van der Waals surface area contributed by atoms with Gasteiger partial charge in [-0.1, -0.05) is 24.3 Å². The van der Waals surface area contributed by atoms with Crippen LogP contribution < -0.4 is 5.32 Å². The lowest BCUT2D eigenvalue weighted by Crippen LogP contribution is -2.34. The molecule has 1 aliphatic carbocycles. The van der Waals surface area contributed by atoms with Gasteiger partial charge in [0.15, 0.2) is 0 Å². The quantitative estimate of drug-likeness (QED) is 0.820. The number of aromatic nitrogens is 3. The predicted molar refractivity (Wildman–Crippen MR) is 79.7 cm³/mol. The predicted octanol–water partition coefficient (Wildman–Crippen LogP) is 1.66. The Labute approximate surface area is 124 Å². The third-order valence-corrected chi connectivity index (χ3v) is 4.07. The van der Waals surface area contributed by atoms with Crippen LogP contribution in [0.1, 0.15) is 29.8 Å². The molecule has 1 aromatic carbocycles. The van der Waals surface area contributed by atoms with Gasteiger partial charge >= 0.3 is 0 Å². The van der Waals surface area contributed by atoms with Crippen molar-refractivity contribution < 1.29 is 4.79 Å². The van der Waals surface area contributed by atoms with Gasteiger partial charge in [0, 0.05) is 18.9 Å². The number of nitrogens with one attached hydrogen (secondary N) is 2. The molecule has 0 saturated carbocycles. The van der Waals surface area contributed by atoms with Gasteiger partial charge in [-0.25, -0.2) is 4.98 Å². The van der Waals surface area contributed by atoms with E-state index in [1.54, 1.807) is 0 Å². The molecule has 21 heavy (non-hydrogen) atoms. The third-order valence-electron chi connectivity index (χ3n) is 4.07. The Balaban J connectivity index is 1.44. The molecule has 1 amide bonds. The van der Waals surface area contributed by atoms with E-state index in [-0.39, 0.29) is 11.8 Å². The highest BCUT2D eigenvalue weighted by atomic mass is 16.1. The summed E-state index contributed by atoms with van der Waals surface area (Å²) in [6.07, 6.45) is 6.02. The largest absolute Gasteiger partial charge is 0.356 e. The summed E-state index contributed by atoms with van der Waals surface area (Å²) in [4.78, 5) is 16.3. The number of amides is 1. The first-order valence-corrected chi connectivity index (χ1v) is 7.51. The van der Waals surface area contributed by atoms with Gasteiger partial charge in [0.2, 0.25) is 5.91 Å². The van der Waals surface area contributed by atoms with Crippen LogP contribution in [0.2, 0.25) is 0 Å². The highest BCUT2D eigenvalue weighted by Gasteiger charge is 2.23. The van der Waals surface area contributed by atoms with Crippen molar-refractivity contribution in [3.63, 3.8) is 0 Å². The molecule has 5 nitrogen and oxygen atoms in total. The van der Waals surface area contributed by atoms with Crippen LogP contribution in [0.15, 0.2) is 30.6 Å². The molecular weight excluding hydrogens is 264 g/mol. The van der Waals surface area contributed by atoms with Crippen LogP contribution in [-0.2, 0) is 24.1 Å². The van der Waals surface area contributed by atoms with Gasteiger partial charge in [-0.2, -0.15) is 5.10 Å². The average Bonchev–Trinajstić information content (AvgIpc) is 3.04. The molecule has 0 spiro atoms. The third kappa shape index (κ3) is 3.48. The number of nitrogens with zero attached hydrogens (tertiary/aromatic N) is 2. The molecule has 1 heterocycles. The van der Waals surface area contributed by atoms with Crippen molar-refractivity contribution in [3.05, 3.63) is 47.5 Å². The van der Waals surface area contributed by atoms with Crippen LogP contribution in [0.25, 0.3) is 0 Å². The fourth-order valence-electron chi connectivity index (χ4n) is 2.88. The fourth-order valence-corrected chi connectivity index (χ4v) is 2.88. The highest BCUT2D eigenvalue weighted by molar-refractivity contribution is 5.79. The molecule has 0 saturated heterocycles. The van der Waals surface area contributed by atoms with Gasteiger partial charge in [-0.15, -0.1) is 0 Å². The maximum absolute atomic E-state index is 12.2. The number of hydrogen-bond donors (Lipinski definition) is 2. The van der Waals surface area contributed by atoms with Crippen molar-refractivity contribution in [3.8, 4) is 0 Å². The summed E-state index contributed by atoms with van der Waals surface area (Å²) in [5.41, 5.74) is 2.72. The van der Waals surface area contributed by atoms with Crippen LogP contribution >= 0.6 is 0 Å². The van der Waals surface area contributed by atoms with Crippen LogP contribution in [0, 0.1) is 5.92 Å². The van der Waals surface area contributed by atoms with Crippen molar-refractivity contribution in [2.45, 2.75) is 32.1 Å². The topological polar surface area (TPSA) is 70.7 Å². The molecule has 1 atom stereocenters. The SMILES string of the molecule is O=C(NCCCc1ncn[nH]1)C1CCc2ccccc2C1. The van der Waals surface area contributed by atoms with Crippen molar-refractivity contribution in [1.29, 1.82) is 0 Å². The van der Waals surface area contributed by atoms with Gasteiger partial charge in [-0.05, 0) is 36.8 Å². The van der Waals surface area contributed by atoms with E-state index in [1.165, 1.54) is 17.5 Å². The summed E-state index contributed by atoms with van der Waals surface area (Å²) < 4.78 is 0. The number of rotatable bonds is 5. The molecule has 1 unspecified atom stereocenters. The standard InChI is InChI=1S/C16H20N4O/c21-16(17-9-3-6-15-18-11-19-20-15)14-8-7-12-4-1-2-5-13(12)10-14/h1-2,4-5,11,14H,3,6-10H2,(H,17,21)(H,18,19,20). The molecule has 3 rings (SSSR count). The number of aromatic amines is 1. The van der Waals surface area contributed by atoms with Crippen molar-refractivity contribution in [2.75, 3.05) is 6.54 Å². The normalized spacial score (nSPS) is 17.2. The number of H-pyrrole nitrogens is 1. The van der Waals surface area contributed by atoms with E-state index >= 15 is 0 Å². The Bertz CT molecular complexity index is 594. The van der Waals surface area contributed by atoms with Crippen molar-refractivity contribution in [1.82, 2.24) is 20.5 Å². The zero-order valence-electron chi connectivity index (χ0n) is 12.0. The highest BCUT2D eigenvalue weighted by Crippen LogP contribution is 2.25. The second kappa shape index (κ2) is 6.52. The van der Waals surface area contributed by atoms with Crippen LogP contribution in [0.4, 0.5) is 0 Å². The Kier molecular flexibility index (Phi) is 4.28. The van der Waals surface area contributed by atoms with Crippen LogP contribution in [-0.4, -0.2) is 27.6 Å². The summed E-state index contributed by atoms with van der Waals surface area (Å²) in [6, 6.07) is 8.43. The maximum atomic E-state index is 12.2. The van der Waals surface area contributed by atoms with E-state index in [0.29, 0.717) is 6.54 Å². The summed E-state index contributed by atoms with van der Waals surface area (Å²) in [5, 5.41) is 9.68. The first-order valence-electron chi connectivity index (χ1n) is 7.51. The van der Waals surface area contributed by atoms with E-state index in [0.717, 1.165) is 37.9 Å². The maximum Gasteiger partial charge on any atom is 0.223 e. The molecule has 5 heteroatoms. The monoisotopic (exact) mass is 284 g/mol. The molecule has 0 aliphatic heterocycles. The summed E-state index contributed by atoms with van der Waals surface area (Å²) in [5.74, 6) is 1.17. The molecule has 0 bridgehead atoms. The Morgan fingerprint density at radius 1 is 1.33 bits per heavy atom. The summed E-state index contributed by atoms with van der Waals surface area (Å²) in [6.45, 7) is 0.692. The number of benzene rings is 1. The molecule has 110 valence electrons. The molecule has 2 aromatic rings. The van der Waals surface area contributed by atoms with Gasteiger partial charge < -0.3 is 5.32 Å². The lowest BCUT2D eigenvalue weighted by molar-refractivity contribution is -0.125. The number of carbonyl (C=O) groups is 1. The zero-order chi connectivity index (χ0) is 14.5. The summed E-state index contributed by atoms with van der Waals surface area (Å²) in [7, 11) is 0. The first kappa shape index (κ1) is 13.8. The smallest absolute Gasteiger partial charge is 0.223 e. The van der Waals surface area contributed by atoms with E-state index in [2.05, 4.69) is 44.8 Å². The van der Waals surface area contributed by atoms with Gasteiger partial charge in [-0.3, -0.25) is 9.89 Å². The zero-order valence-corrected chi connectivity index (χ0v) is 12.0. The Morgan fingerprint density at radius 2 is 2.19 bits per heavy atom. The van der Waals surface area contributed by atoms with Gasteiger partial charge in [0.25, 0.3) is 0 Å². The van der Waals surface area contributed by atoms with E-state index in [4.69, 9.17) is 0 Å². The molecule has 1 aliphatic rings. The molecular formula is C16H20N4O. The Hall–Kier alpha value is -2.17. The van der Waals surface area contributed by atoms with Crippen molar-refractivity contribution >= 4 is 5.91 Å². The van der Waals surface area contributed by atoms with E-state index < -0.39 is 0 Å². The van der Waals surface area contributed by atoms with E-state index in [9.17, 15) is 4.79 Å². The molecule has 2 N–H and O–H groups in total. The lowest BCUT2D eigenvalue weighted by Gasteiger charge is -2.23.